The Morgan fingerprint density at radius 1 is 1.15 bits per heavy atom. The monoisotopic (exact) mass is 472 g/mol. The number of rotatable bonds is 7. The second-order valence-electron chi connectivity index (χ2n) is 7.91. The number of nitrogens with one attached hydrogen (secondary N) is 1. The number of halogens is 1. The third kappa shape index (κ3) is 4.82. The van der Waals surface area contributed by atoms with E-state index in [0.717, 1.165) is 11.6 Å². The molecule has 174 valence electrons. The number of nitrogens with zero attached hydrogens (tertiary/aromatic N) is 3. The Hall–Kier alpha value is -3.08. The maximum Gasteiger partial charge on any atom is 0.307 e. The molecule has 1 fully saturated rings. The van der Waals surface area contributed by atoms with Gasteiger partial charge < -0.3 is 10.4 Å². The molecule has 0 aliphatic carbocycles. The van der Waals surface area contributed by atoms with Crippen LogP contribution in [0.15, 0.2) is 53.4 Å². The summed E-state index contributed by atoms with van der Waals surface area (Å²) < 4.78 is 43.6. The first-order chi connectivity index (χ1) is 15.8. The van der Waals surface area contributed by atoms with E-state index in [0.29, 0.717) is 48.7 Å². The van der Waals surface area contributed by atoms with Crippen LogP contribution in [0, 0.1) is 12.7 Å². The fourth-order valence-electron chi connectivity index (χ4n) is 4.01. The Bertz CT molecular complexity index is 1270. The van der Waals surface area contributed by atoms with Gasteiger partial charge in [0.2, 0.25) is 10.0 Å². The normalized spacial score (nSPS) is 15.0. The molecule has 10 heteroatoms. The van der Waals surface area contributed by atoms with Crippen LogP contribution < -0.4 is 5.32 Å². The number of carboxylic acid groups (broad SMARTS) is 1. The average molecular weight is 473 g/mol. The predicted molar refractivity (Wildman–Crippen MR) is 121 cm³/mol. The summed E-state index contributed by atoms with van der Waals surface area (Å²) in [7, 11) is -3.90. The van der Waals surface area contributed by atoms with E-state index >= 15 is 0 Å². The molecule has 1 aromatic heterocycles. The van der Waals surface area contributed by atoms with Crippen molar-refractivity contribution < 1.29 is 22.7 Å². The van der Waals surface area contributed by atoms with E-state index in [4.69, 9.17) is 0 Å². The lowest BCUT2D eigenvalue weighted by atomic mass is 10.0. The number of sulfonamides is 1. The SMILES string of the molecule is Cc1c(CC(=O)O)c(-c2ccccc2)nn1Cc1ccc(F)cc1S(=O)(=O)N1CCNCC1. The lowest BCUT2D eigenvalue weighted by Gasteiger charge is -2.27. The summed E-state index contributed by atoms with van der Waals surface area (Å²) in [4.78, 5) is 11.4. The van der Waals surface area contributed by atoms with Crippen molar-refractivity contribution in [2.24, 2.45) is 0 Å². The fourth-order valence-corrected chi connectivity index (χ4v) is 5.68. The van der Waals surface area contributed by atoms with Crippen LogP contribution in [0.4, 0.5) is 4.39 Å². The molecule has 0 bridgehead atoms. The van der Waals surface area contributed by atoms with Crippen molar-refractivity contribution in [3.05, 3.63) is 71.2 Å². The zero-order chi connectivity index (χ0) is 23.6. The van der Waals surface area contributed by atoms with E-state index in [2.05, 4.69) is 10.4 Å². The Kier molecular flexibility index (Phi) is 6.59. The third-order valence-corrected chi connectivity index (χ3v) is 7.73. The van der Waals surface area contributed by atoms with E-state index in [9.17, 15) is 22.7 Å². The summed E-state index contributed by atoms with van der Waals surface area (Å²) in [5.74, 6) is -1.63. The van der Waals surface area contributed by atoms with Gasteiger partial charge in [-0.15, -0.1) is 0 Å². The van der Waals surface area contributed by atoms with Crippen LogP contribution in [0.1, 0.15) is 16.8 Å². The number of carbonyl (C=O) groups is 1. The molecule has 1 aliphatic heterocycles. The maximum absolute atomic E-state index is 14.1. The molecule has 2 N–H and O–H groups in total. The number of carboxylic acids is 1. The van der Waals surface area contributed by atoms with Gasteiger partial charge in [0.25, 0.3) is 0 Å². The van der Waals surface area contributed by atoms with Gasteiger partial charge in [0.1, 0.15) is 5.82 Å². The zero-order valence-electron chi connectivity index (χ0n) is 18.2. The molecular weight excluding hydrogens is 447 g/mol. The van der Waals surface area contributed by atoms with Crippen molar-refractivity contribution in [2.45, 2.75) is 24.8 Å². The Morgan fingerprint density at radius 2 is 1.85 bits per heavy atom. The summed E-state index contributed by atoms with van der Waals surface area (Å²) in [6, 6.07) is 12.9. The van der Waals surface area contributed by atoms with Crippen molar-refractivity contribution in [1.82, 2.24) is 19.4 Å². The molecule has 2 heterocycles. The quantitative estimate of drug-likeness (QED) is 0.547. The van der Waals surface area contributed by atoms with E-state index in [1.807, 2.05) is 30.3 Å². The van der Waals surface area contributed by atoms with Gasteiger partial charge in [-0.25, -0.2) is 12.8 Å². The van der Waals surface area contributed by atoms with Crippen LogP contribution in [0.5, 0.6) is 0 Å². The van der Waals surface area contributed by atoms with Gasteiger partial charge >= 0.3 is 5.97 Å². The largest absolute Gasteiger partial charge is 0.481 e. The first-order valence-electron chi connectivity index (χ1n) is 10.6. The molecule has 3 aromatic rings. The third-order valence-electron chi connectivity index (χ3n) is 5.75. The van der Waals surface area contributed by atoms with Gasteiger partial charge in [-0.05, 0) is 24.6 Å². The second kappa shape index (κ2) is 9.42. The molecule has 1 aliphatic rings. The molecule has 0 amide bonds. The van der Waals surface area contributed by atoms with E-state index in [1.165, 1.54) is 16.4 Å². The van der Waals surface area contributed by atoms with Gasteiger partial charge in [0.05, 0.1) is 23.6 Å². The van der Waals surface area contributed by atoms with Crippen LogP contribution in [0.25, 0.3) is 11.3 Å². The fraction of sp³-hybridized carbons (Fsp3) is 0.304. The highest BCUT2D eigenvalue weighted by Crippen LogP contribution is 2.28. The number of hydrogen-bond acceptors (Lipinski definition) is 5. The molecule has 0 spiro atoms. The summed E-state index contributed by atoms with van der Waals surface area (Å²) in [6.07, 6.45) is -0.217. The van der Waals surface area contributed by atoms with Gasteiger partial charge in [-0.1, -0.05) is 36.4 Å². The van der Waals surface area contributed by atoms with E-state index in [-0.39, 0.29) is 17.9 Å². The highest BCUT2D eigenvalue weighted by Gasteiger charge is 2.29. The highest BCUT2D eigenvalue weighted by molar-refractivity contribution is 7.89. The lowest BCUT2D eigenvalue weighted by molar-refractivity contribution is -0.136. The Labute approximate surface area is 191 Å². The molecule has 0 atom stereocenters. The molecule has 0 saturated carbocycles. The molecule has 1 saturated heterocycles. The Morgan fingerprint density at radius 3 is 2.52 bits per heavy atom. The summed E-state index contributed by atoms with van der Waals surface area (Å²) in [6.45, 7) is 3.49. The van der Waals surface area contributed by atoms with Gasteiger partial charge in [0, 0.05) is 43.0 Å². The highest BCUT2D eigenvalue weighted by atomic mass is 32.2. The van der Waals surface area contributed by atoms with Crippen molar-refractivity contribution in [3.8, 4) is 11.3 Å². The topological polar surface area (TPSA) is 105 Å². The minimum absolute atomic E-state index is 0.0617. The van der Waals surface area contributed by atoms with Gasteiger partial charge in [-0.3, -0.25) is 9.48 Å². The molecule has 4 rings (SSSR count). The van der Waals surface area contributed by atoms with Gasteiger partial charge in [-0.2, -0.15) is 9.40 Å². The lowest BCUT2D eigenvalue weighted by Crippen LogP contribution is -2.46. The van der Waals surface area contributed by atoms with Crippen molar-refractivity contribution in [3.63, 3.8) is 0 Å². The first kappa shape index (κ1) is 23.1. The van der Waals surface area contributed by atoms with Crippen LogP contribution in [0.2, 0.25) is 0 Å². The summed E-state index contributed by atoms with van der Waals surface area (Å²) >= 11 is 0. The first-order valence-corrected chi connectivity index (χ1v) is 12.0. The van der Waals surface area contributed by atoms with Crippen LogP contribution >= 0.6 is 0 Å². The molecule has 33 heavy (non-hydrogen) atoms. The molecule has 0 radical (unpaired) electrons. The van der Waals surface area contributed by atoms with Crippen LogP contribution in [-0.2, 0) is 27.8 Å². The van der Waals surface area contributed by atoms with Crippen molar-refractivity contribution in [1.29, 1.82) is 0 Å². The maximum atomic E-state index is 14.1. The van der Waals surface area contributed by atoms with E-state index < -0.39 is 21.8 Å². The zero-order valence-corrected chi connectivity index (χ0v) is 19.0. The molecule has 0 unspecified atom stereocenters. The number of aliphatic carboxylic acids is 1. The molecule has 8 nitrogen and oxygen atoms in total. The van der Waals surface area contributed by atoms with Crippen LogP contribution in [-0.4, -0.2) is 59.8 Å². The summed E-state index contributed by atoms with van der Waals surface area (Å²) in [5, 5.41) is 17.2. The predicted octanol–water partition coefficient (Wildman–Crippen LogP) is 2.27. The molecular formula is C23H25FN4O4S. The smallest absolute Gasteiger partial charge is 0.307 e. The number of benzene rings is 2. The van der Waals surface area contributed by atoms with Crippen molar-refractivity contribution >= 4 is 16.0 Å². The van der Waals surface area contributed by atoms with E-state index in [1.54, 1.807) is 11.6 Å². The number of aromatic nitrogens is 2. The minimum atomic E-state index is -3.90. The standard InChI is InChI=1S/C23H25FN4O4S/c1-16-20(14-22(29)30)23(17-5-3-2-4-6-17)26-28(16)15-18-7-8-19(24)13-21(18)33(31,32)27-11-9-25-10-12-27/h2-8,13,25H,9-12,14-15H2,1H3,(H,29,30). The van der Waals surface area contributed by atoms with Crippen LogP contribution in [0.3, 0.4) is 0 Å². The van der Waals surface area contributed by atoms with Crippen molar-refractivity contribution in [2.75, 3.05) is 26.2 Å². The second-order valence-corrected chi connectivity index (χ2v) is 9.82. The number of piperazine rings is 1. The Balaban J connectivity index is 1.77. The number of hydrogen-bond donors (Lipinski definition) is 2. The minimum Gasteiger partial charge on any atom is -0.481 e. The molecule has 2 aromatic carbocycles. The average Bonchev–Trinajstić information content (AvgIpc) is 3.10. The van der Waals surface area contributed by atoms with Gasteiger partial charge in [0.15, 0.2) is 0 Å². The summed E-state index contributed by atoms with van der Waals surface area (Å²) in [5.41, 5.74) is 2.86.